The summed E-state index contributed by atoms with van der Waals surface area (Å²) in [6.07, 6.45) is 1.05. The Morgan fingerprint density at radius 3 is 1.35 bits per heavy atom. The molecular weight excluding hydrogens is 276 g/mol. The molecule has 0 aromatic heterocycles. The predicted molar refractivity (Wildman–Crippen MR) is 102 cm³/mol. The van der Waals surface area contributed by atoms with E-state index in [1.165, 1.54) is 55.7 Å². The summed E-state index contributed by atoms with van der Waals surface area (Å²) >= 11 is 0. The second-order valence-electron chi connectivity index (χ2n) is 7.02. The van der Waals surface area contributed by atoms with Crippen molar-refractivity contribution in [1.29, 1.82) is 0 Å². The zero-order valence-corrected chi connectivity index (χ0v) is 15.2. The Bertz CT molecular complexity index is 773. The summed E-state index contributed by atoms with van der Waals surface area (Å²) < 4.78 is 0. The van der Waals surface area contributed by atoms with Gasteiger partial charge in [0.25, 0.3) is 0 Å². The van der Waals surface area contributed by atoms with E-state index in [0.717, 1.165) is 6.42 Å². The van der Waals surface area contributed by atoms with Gasteiger partial charge in [-0.05, 0) is 92.5 Å². The number of hydrogen-bond donors (Lipinski definition) is 0. The SMILES string of the molecule is CC1=C(c2cc(C)ccc2C)CC(c2cc(C)ccc2C)=C1C. The Balaban J connectivity index is 2.07. The van der Waals surface area contributed by atoms with E-state index in [-0.39, 0.29) is 0 Å². The standard InChI is InChI=1S/C23H26/c1-14-7-9-16(3)20(11-14)22-13-23(19(6)18(22)5)21-12-15(2)8-10-17(21)4/h7-12H,13H2,1-6H3. The normalized spacial score (nSPS) is 14.9. The summed E-state index contributed by atoms with van der Waals surface area (Å²) in [4.78, 5) is 0. The van der Waals surface area contributed by atoms with Crippen molar-refractivity contribution in [3.63, 3.8) is 0 Å². The molecule has 23 heavy (non-hydrogen) atoms. The Hall–Kier alpha value is -2.08. The molecule has 0 unspecified atom stereocenters. The summed E-state index contributed by atoms with van der Waals surface area (Å²) in [6.45, 7) is 13.4. The first kappa shape index (κ1) is 15.8. The average molecular weight is 302 g/mol. The number of allylic oxidation sites excluding steroid dienone is 4. The Kier molecular flexibility index (Phi) is 4.02. The van der Waals surface area contributed by atoms with E-state index in [2.05, 4.69) is 77.9 Å². The zero-order chi connectivity index (χ0) is 16.7. The highest BCUT2D eigenvalue weighted by molar-refractivity contribution is 5.93. The van der Waals surface area contributed by atoms with Gasteiger partial charge >= 0.3 is 0 Å². The van der Waals surface area contributed by atoms with Gasteiger partial charge < -0.3 is 0 Å². The topological polar surface area (TPSA) is 0 Å². The summed E-state index contributed by atoms with van der Waals surface area (Å²) in [5, 5.41) is 0. The van der Waals surface area contributed by atoms with Crippen LogP contribution in [0.3, 0.4) is 0 Å². The average Bonchev–Trinajstić information content (AvgIpc) is 2.80. The molecule has 3 rings (SSSR count). The molecule has 0 N–H and O–H groups in total. The zero-order valence-electron chi connectivity index (χ0n) is 15.2. The lowest BCUT2D eigenvalue weighted by Gasteiger charge is -2.13. The van der Waals surface area contributed by atoms with Crippen molar-refractivity contribution in [3.05, 3.63) is 80.9 Å². The lowest BCUT2D eigenvalue weighted by atomic mass is 9.92. The smallest absolute Gasteiger partial charge is 0.000823 e. The van der Waals surface area contributed by atoms with E-state index in [1.54, 1.807) is 0 Å². The van der Waals surface area contributed by atoms with E-state index < -0.39 is 0 Å². The first-order valence-electron chi connectivity index (χ1n) is 8.43. The molecule has 0 spiro atoms. The number of hydrogen-bond acceptors (Lipinski definition) is 0. The van der Waals surface area contributed by atoms with E-state index in [9.17, 15) is 0 Å². The molecule has 0 saturated carbocycles. The fourth-order valence-corrected chi connectivity index (χ4v) is 3.61. The second kappa shape index (κ2) is 5.85. The molecule has 1 aliphatic rings. The van der Waals surface area contributed by atoms with Crippen molar-refractivity contribution < 1.29 is 0 Å². The monoisotopic (exact) mass is 302 g/mol. The van der Waals surface area contributed by atoms with Crippen LogP contribution < -0.4 is 0 Å². The van der Waals surface area contributed by atoms with Gasteiger partial charge in [0.05, 0.1) is 0 Å². The minimum absolute atomic E-state index is 1.05. The van der Waals surface area contributed by atoms with Gasteiger partial charge in [0.1, 0.15) is 0 Å². The summed E-state index contributed by atoms with van der Waals surface area (Å²) in [5.41, 5.74) is 14.2. The van der Waals surface area contributed by atoms with Gasteiger partial charge in [0.15, 0.2) is 0 Å². The first-order chi connectivity index (χ1) is 10.9. The lowest BCUT2D eigenvalue weighted by molar-refractivity contribution is 1.30. The van der Waals surface area contributed by atoms with Gasteiger partial charge in [-0.2, -0.15) is 0 Å². The van der Waals surface area contributed by atoms with Crippen LogP contribution in [0.1, 0.15) is 53.6 Å². The van der Waals surface area contributed by atoms with Crippen LogP contribution in [0.25, 0.3) is 11.1 Å². The maximum atomic E-state index is 2.34. The van der Waals surface area contributed by atoms with E-state index >= 15 is 0 Å². The van der Waals surface area contributed by atoms with E-state index in [4.69, 9.17) is 0 Å². The minimum atomic E-state index is 1.05. The molecule has 0 radical (unpaired) electrons. The largest absolute Gasteiger partial charge is 0.0590 e. The second-order valence-corrected chi connectivity index (χ2v) is 7.02. The molecule has 0 amide bonds. The van der Waals surface area contributed by atoms with Gasteiger partial charge in [-0.15, -0.1) is 0 Å². The summed E-state index contributed by atoms with van der Waals surface area (Å²) in [6, 6.07) is 13.6. The maximum absolute atomic E-state index is 2.34. The summed E-state index contributed by atoms with van der Waals surface area (Å²) in [5.74, 6) is 0. The predicted octanol–water partition coefficient (Wildman–Crippen LogP) is 6.57. The molecule has 0 heteroatoms. The molecule has 1 aliphatic carbocycles. The molecule has 0 atom stereocenters. The Morgan fingerprint density at radius 2 is 0.957 bits per heavy atom. The number of aryl methyl sites for hydroxylation is 4. The molecule has 118 valence electrons. The van der Waals surface area contributed by atoms with Gasteiger partial charge in [-0.1, -0.05) is 47.5 Å². The molecule has 0 fully saturated rings. The molecular formula is C23H26. The van der Waals surface area contributed by atoms with Crippen LogP contribution in [0.4, 0.5) is 0 Å². The molecule has 0 saturated heterocycles. The van der Waals surface area contributed by atoms with Gasteiger partial charge in [-0.3, -0.25) is 0 Å². The van der Waals surface area contributed by atoms with Gasteiger partial charge in [0.2, 0.25) is 0 Å². The van der Waals surface area contributed by atoms with Crippen molar-refractivity contribution in [3.8, 4) is 0 Å². The van der Waals surface area contributed by atoms with Crippen LogP contribution in [0.2, 0.25) is 0 Å². The van der Waals surface area contributed by atoms with Crippen LogP contribution >= 0.6 is 0 Å². The Labute approximate surface area is 140 Å². The lowest BCUT2D eigenvalue weighted by Crippen LogP contribution is -1.92. The fraction of sp³-hybridized carbons (Fsp3) is 0.304. The number of rotatable bonds is 2. The third-order valence-corrected chi connectivity index (χ3v) is 5.26. The highest BCUT2D eigenvalue weighted by Crippen LogP contribution is 2.44. The molecule has 0 heterocycles. The van der Waals surface area contributed by atoms with Crippen molar-refractivity contribution in [2.24, 2.45) is 0 Å². The van der Waals surface area contributed by atoms with Gasteiger partial charge in [0, 0.05) is 0 Å². The third kappa shape index (κ3) is 2.79. The van der Waals surface area contributed by atoms with E-state index in [1.807, 2.05) is 0 Å². The third-order valence-electron chi connectivity index (χ3n) is 5.26. The maximum Gasteiger partial charge on any atom is -0.000823 e. The fourth-order valence-electron chi connectivity index (χ4n) is 3.61. The number of benzene rings is 2. The van der Waals surface area contributed by atoms with Crippen molar-refractivity contribution in [2.45, 2.75) is 48.0 Å². The quantitative estimate of drug-likeness (QED) is 0.588. The van der Waals surface area contributed by atoms with Crippen LogP contribution in [-0.4, -0.2) is 0 Å². The summed E-state index contributed by atoms with van der Waals surface area (Å²) in [7, 11) is 0. The molecule has 0 nitrogen and oxygen atoms in total. The van der Waals surface area contributed by atoms with Crippen molar-refractivity contribution >= 4 is 11.1 Å². The van der Waals surface area contributed by atoms with Gasteiger partial charge in [-0.25, -0.2) is 0 Å². The van der Waals surface area contributed by atoms with Crippen LogP contribution in [0.5, 0.6) is 0 Å². The van der Waals surface area contributed by atoms with E-state index in [0.29, 0.717) is 0 Å². The van der Waals surface area contributed by atoms with Crippen molar-refractivity contribution in [1.82, 2.24) is 0 Å². The molecule has 0 aliphatic heterocycles. The van der Waals surface area contributed by atoms with Crippen LogP contribution in [0, 0.1) is 27.7 Å². The molecule has 2 aromatic carbocycles. The first-order valence-corrected chi connectivity index (χ1v) is 8.43. The van der Waals surface area contributed by atoms with Crippen LogP contribution in [-0.2, 0) is 0 Å². The Morgan fingerprint density at radius 1 is 0.565 bits per heavy atom. The van der Waals surface area contributed by atoms with Crippen molar-refractivity contribution in [2.75, 3.05) is 0 Å². The minimum Gasteiger partial charge on any atom is -0.0590 e. The van der Waals surface area contributed by atoms with Crippen LogP contribution in [0.15, 0.2) is 47.5 Å². The molecule has 2 aromatic rings. The molecule has 0 bridgehead atoms. The highest BCUT2D eigenvalue weighted by atomic mass is 14.3. The highest BCUT2D eigenvalue weighted by Gasteiger charge is 2.23.